The molecule has 0 saturated carbocycles. The summed E-state index contributed by atoms with van der Waals surface area (Å²) in [5, 5.41) is 6.46. The molecule has 160 valence electrons. The zero-order valence-corrected chi connectivity index (χ0v) is 20.2. The molecular formula is C21H30IN3O3S. The Morgan fingerprint density at radius 3 is 2.28 bits per heavy atom. The van der Waals surface area contributed by atoms with E-state index in [4.69, 9.17) is 4.74 Å². The number of hydrogen-bond donors (Lipinski definition) is 2. The summed E-state index contributed by atoms with van der Waals surface area (Å²) in [4.78, 5) is 4.19. The quantitative estimate of drug-likeness (QED) is 0.295. The van der Waals surface area contributed by atoms with E-state index in [1.807, 2.05) is 49.4 Å². The smallest absolute Gasteiger partial charge is 0.191 e. The molecule has 1 unspecified atom stereocenters. The Hall–Kier alpha value is -1.81. The number of rotatable bonds is 9. The molecule has 0 saturated heterocycles. The fourth-order valence-electron chi connectivity index (χ4n) is 2.51. The molecular weight excluding hydrogens is 501 g/mol. The number of sulfone groups is 1. The molecule has 0 spiro atoms. The zero-order valence-electron chi connectivity index (χ0n) is 17.1. The maximum Gasteiger partial charge on any atom is 0.191 e. The van der Waals surface area contributed by atoms with Crippen LogP contribution in [0.1, 0.15) is 24.5 Å². The van der Waals surface area contributed by atoms with E-state index in [1.54, 1.807) is 7.05 Å². The first-order valence-corrected chi connectivity index (χ1v) is 11.3. The van der Waals surface area contributed by atoms with Crippen molar-refractivity contribution < 1.29 is 13.2 Å². The molecule has 0 aliphatic rings. The number of nitrogens with one attached hydrogen (secondary N) is 2. The van der Waals surface area contributed by atoms with Crippen molar-refractivity contribution in [1.29, 1.82) is 0 Å². The molecule has 0 heterocycles. The van der Waals surface area contributed by atoms with Crippen LogP contribution < -0.4 is 15.4 Å². The van der Waals surface area contributed by atoms with Gasteiger partial charge in [0.15, 0.2) is 5.96 Å². The predicted octanol–water partition coefficient (Wildman–Crippen LogP) is 3.37. The first-order chi connectivity index (χ1) is 13.4. The lowest BCUT2D eigenvalue weighted by molar-refractivity contribution is 0.306. The van der Waals surface area contributed by atoms with Crippen LogP contribution in [0, 0.1) is 0 Å². The molecule has 2 aromatic carbocycles. The summed E-state index contributed by atoms with van der Waals surface area (Å²) < 4.78 is 28.3. The second kappa shape index (κ2) is 12.7. The van der Waals surface area contributed by atoms with Crippen LogP contribution in [0.25, 0.3) is 0 Å². The van der Waals surface area contributed by atoms with Gasteiger partial charge in [-0.25, -0.2) is 8.42 Å². The van der Waals surface area contributed by atoms with Crippen LogP contribution in [0.5, 0.6) is 5.75 Å². The number of ether oxygens (including phenoxy) is 1. The van der Waals surface area contributed by atoms with Crippen LogP contribution >= 0.6 is 24.0 Å². The van der Waals surface area contributed by atoms with Gasteiger partial charge in [-0.05, 0) is 36.6 Å². The van der Waals surface area contributed by atoms with Crippen molar-refractivity contribution in [3.63, 3.8) is 0 Å². The van der Waals surface area contributed by atoms with Crippen molar-refractivity contribution in [3.8, 4) is 5.75 Å². The van der Waals surface area contributed by atoms with E-state index < -0.39 is 9.84 Å². The van der Waals surface area contributed by atoms with Crippen molar-refractivity contribution >= 4 is 39.8 Å². The molecule has 6 nitrogen and oxygen atoms in total. The maximum absolute atomic E-state index is 11.3. The average Bonchev–Trinajstić information content (AvgIpc) is 2.69. The third-order valence-electron chi connectivity index (χ3n) is 4.16. The number of aliphatic imine (C=N–C) groups is 1. The number of benzene rings is 2. The monoisotopic (exact) mass is 531 g/mol. The molecule has 2 rings (SSSR count). The highest BCUT2D eigenvalue weighted by molar-refractivity contribution is 14.0. The van der Waals surface area contributed by atoms with Crippen LogP contribution in [0.2, 0.25) is 0 Å². The molecule has 1 atom stereocenters. The largest absolute Gasteiger partial charge is 0.489 e. The fraction of sp³-hybridized carbons (Fsp3) is 0.381. The van der Waals surface area contributed by atoms with Gasteiger partial charge in [-0.15, -0.1) is 24.0 Å². The number of halogens is 1. The zero-order chi connectivity index (χ0) is 20.4. The first-order valence-electron chi connectivity index (χ1n) is 9.26. The van der Waals surface area contributed by atoms with Gasteiger partial charge < -0.3 is 15.4 Å². The van der Waals surface area contributed by atoms with E-state index in [-0.39, 0.29) is 35.8 Å². The molecule has 8 heteroatoms. The second-order valence-electron chi connectivity index (χ2n) is 6.81. The minimum Gasteiger partial charge on any atom is -0.489 e. The SMILES string of the molecule is CN=C(NCc1ccc(COc2ccccc2)cc1)NC(C)CCS(C)(=O)=O.I. The van der Waals surface area contributed by atoms with Gasteiger partial charge in [-0.2, -0.15) is 0 Å². The maximum atomic E-state index is 11.3. The summed E-state index contributed by atoms with van der Waals surface area (Å²) in [7, 11) is -1.26. The van der Waals surface area contributed by atoms with Crippen LogP contribution in [0.3, 0.4) is 0 Å². The molecule has 2 N–H and O–H groups in total. The summed E-state index contributed by atoms with van der Waals surface area (Å²) >= 11 is 0. The first kappa shape index (κ1) is 25.2. The molecule has 29 heavy (non-hydrogen) atoms. The normalized spacial score (nSPS) is 12.6. The highest BCUT2D eigenvalue weighted by atomic mass is 127. The van der Waals surface area contributed by atoms with E-state index in [1.165, 1.54) is 6.26 Å². The van der Waals surface area contributed by atoms with Crippen LogP contribution in [0.4, 0.5) is 0 Å². The highest BCUT2D eigenvalue weighted by Crippen LogP contribution is 2.12. The van der Waals surface area contributed by atoms with Gasteiger partial charge in [0, 0.05) is 25.9 Å². The third kappa shape index (κ3) is 10.5. The van der Waals surface area contributed by atoms with Crippen molar-refractivity contribution in [3.05, 3.63) is 65.7 Å². The Balaban J connectivity index is 0.00000420. The van der Waals surface area contributed by atoms with E-state index in [2.05, 4.69) is 27.8 Å². The molecule has 0 radical (unpaired) electrons. The summed E-state index contributed by atoms with van der Waals surface area (Å²) in [6, 6.07) is 18.0. The van der Waals surface area contributed by atoms with Gasteiger partial charge in [0.25, 0.3) is 0 Å². The topological polar surface area (TPSA) is 79.8 Å². The summed E-state index contributed by atoms with van der Waals surface area (Å²) in [6.45, 7) is 3.09. The summed E-state index contributed by atoms with van der Waals surface area (Å²) in [5.41, 5.74) is 2.22. The number of para-hydroxylation sites is 1. The number of hydrogen-bond acceptors (Lipinski definition) is 4. The van der Waals surface area contributed by atoms with Crippen molar-refractivity contribution in [2.75, 3.05) is 19.1 Å². The Morgan fingerprint density at radius 1 is 1.07 bits per heavy atom. The fourth-order valence-corrected chi connectivity index (χ4v) is 3.30. The minimum atomic E-state index is -2.95. The third-order valence-corrected chi connectivity index (χ3v) is 5.14. The predicted molar refractivity (Wildman–Crippen MR) is 130 cm³/mol. The van der Waals surface area contributed by atoms with Crippen LogP contribution in [-0.4, -0.2) is 39.5 Å². The second-order valence-corrected chi connectivity index (χ2v) is 9.07. The lowest BCUT2D eigenvalue weighted by Gasteiger charge is -2.17. The molecule has 0 bridgehead atoms. The standard InChI is InChI=1S/C21H29N3O3S.HI/c1-17(13-14-28(3,25)26)24-21(22-2)23-15-18-9-11-19(12-10-18)16-27-20-7-5-4-6-8-20;/h4-12,17H,13-16H2,1-3H3,(H2,22,23,24);1H. The Bertz CT molecular complexity index is 856. The Labute approximate surface area is 191 Å². The lowest BCUT2D eigenvalue weighted by Crippen LogP contribution is -2.42. The van der Waals surface area contributed by atoms with Gasteiger partial charge in [-0.3, -0.25) is 4.99 Å². The Kier molecular flexibility index (Phi) is 11.0. The lowest BCUT2D eigenvalue weighted by atomic mass is 10.1. The molecule has 0 aliphatic heterocycles. The van der Waals surface area contributed by atoms with Crippen LogP contribution in [-0.2, 0) is 23.0 Å². The number of nitrogens with zero attached hydrogens (tertiary/aromatic N) is 1. The Morgan fingerprint density at radius 2 is 1.69 bits per heavy atom. The molecule has 0 amide bonds. The van der Waals surface area contributed by atoms with Crippen molar-refractivity contribution in [2.45, 2.75) is 32.5 Å². The van der Waals surface area contributed by atoms with Crippen molar-refractivity contribution in [2.24, 2.45) is 4.99 Å². The van der Waals surface area contributed by atoms with Gasteiger partial charge in [0.05, 0.1) is 5.75 Å². The highest BCUT2D eigenvalue weighted by Gasteiger charge is 2.09. The van der Waals surface area contributed by atoms with Crippen LogP contribution in [0.15, 0.2) is 59.6 Å². The van der Waals surface area contributed by atoms with Gasteiger partial charge >= 0.3 is 0 Å². The van der Waals surface area contributed by atoms with Gasteiger partial charge in [0.1, 0.15) is 22.2 Å². The molecule has 2 aromatic rings. The van der Waals surface area contributed by atoms with E-state index >= 15 is 0 Å². The average molecular weight is 531 g/mol. The van der Waals surface area contributed by atoms with Gasteiger partial charge in [-0.1, -0.05) is 42.5 Å². The van der Waals surface area contributed by atoms with Gasteiger partial charge in [0.2, 0.25) is 0 Å². The van der Waals surface area contributed by atoms with E-state index in [0.29, 0.717) is 25.5 Å². The van der Waals surface area contributed by atoms with E-state index in [0.717, 1.165) is 16.9 Å². The molecule has 0 aromatic heterocycles. The minimum absolute atomic E-state index is 0. The summed E-state index contributed by atoms with van der Waals surface area (Å²) in [6.07, 6.45) is 1.79. The summed E-state index contributed by atoms with van der Waals surface area (Å²) in [5.74, 6) is 1.66. The molecule has 0 aliphatic carbocycles. The number of guanidine groups is 1. The molecule has 0 fully saturated rings. The van der Waals surface area contributed by atoms with E-state index in [9.17, 15) is 8.42 Å². The van der Waals surface area contributed by atoms with Crippen molar-refractivity contribution in [1.82, 2.24) is 10.6 Å².